The van der Waals surface area contributed by atoms with E-state index in [4.69, 9.17) is 11.6 Å². The number of nitrogens with zero attached hydrogens (tertiary/aromatic N) is 4. The van der Waals surface area contributed by atoms with Crippen LogP contribution < -0.4 is 10.2 Å². The number of urea groups is 1. The van der Waals surface area contributed by atoms with E-state index in [9.17, 15) is 9.59 Å². The molecule has 0 radical (unpaired) electrons. The number of hydrogen-bond acceptors (Lipinski definition) is 5. The molecule has 4 heterocycles. The lowest BCUT2D eigenvalue weighted by molar-refractivity contribution is -0.118. The topological polar surface area (TPSA) is 80.1 Å². The molecule has 0 bridgehead atoms. The Kier molecular flexibility index (Phi) is 5.16. The molecule has 174 valence electrons. The first-order chi connectivity index (χ1) is 16.9. The van der Waals surface area contributed by atoms with Crippen LogP contribution in [0.3, 0.4) is 0 Å². The van der Waals surface area contributed by atoms with Crippen LogP contribution in [0, 0.1) is 6.92 Å². The van der Waals surface area contributed by atoms with Crippen molar-refractivity contribution in [1.82, 2.24) is 20.1 Å². The number of hydrogen-bond donors (Lipinski definition) is 1. The molecular weight excluding hydrogens is 482 g/mol. The summed E-state index contributed by atoms with van der Waals surface area (Å²) in [4.78, 5) is 33.1. The number of anilines is 1. The van der Waals surface area contributed by atoms with Gasteiger partial charge in [-0.3, -0.25) is 14.5 Å². The van der Waals surface area contributed by atoms with Crippen LogP contribution >= 0.6 is 23.4 Å². The van der Waals surface area contributed by atoms with Crippen LogP contribution in [0.5, 0.6) is 0 Å². The van der Waals surface area contributed by atoms with Crippen molar-refractivity contribution in [3.05, 3.63) is 83.3 Å². The Hall–Kier alpha value is -3.62. The first kappa shape index (κ1) is 21.9. The minimum Gasteiger partial charge on any atom is -0.329 e. The highest BCUT2D eigenvalue weighted by molar-refractivity contribution is 8.09. The van der Waals surface area contributed by atoms with Gasteiger partial charge in [0.15, 0.2) is 0 Å². The second-order valence-corrected chi connectivity index (χ2v) is 10.2. The van der Waals surface area contributed by atoms with Crippen LogP contribution in [-0.2, 0) is 11.8 Å². The summed E-state index contributed by atoms with van der Waals surface area (Å²) in [6.07, 6.45) is 7.16. The van der Waals surface area contributed by atoms with E-state index < -0.39 is 17.3 Å². The predicted molar refractivity (Wildman–Crippen MR) is 139 cm³/mol. The number of fused-ring (bicyclic) bond motifs is 2. The van der Waals surface area contributed by atoms with Crippen molar-refractivity contribution in [2.75, 3.05) is 4.90 Å². The van der Waals surface area contributed by atoms with Gasteiger partial charge in [0, 0.05) is 51.3 Å². The van der Waals surface area contributed by atoms with Gasteiger partial charge in [0.25, 0.3) is 5.91 Å². The van der Waals surface area contributed by atoms with E-state index in [1.54, 1.807) is 17.1 Å². The van der Waals surface area contributed by atoms with Gasteiger partial charge in [0.05, 0.1) is 23.6 Å². The van der Waals surface area contributed by atoms with Gasteiger partial charge in [0.1, 0.15) is 5.25 Å². The molecule has 0 aliphatic carbocycles. The largest absolute Gasteiger partial charge is 0.329 e. The Morgan fingerprint density at radius 2 is 1.91 bits per heavy atom. The first-order valence-electron chi connectivity index (χ1n) is 11.1. The molecule has 3 amide bonds. The standard InChI is InChI=1S/C26H20ClN5O2S/c1-14-13-31(2)30-23(14)17-8-5-9-18(27)22(17)21-10-19-24(35-21)25(33)32(26(34)29-19)20-12-28-11-15-6-3-4-7-16(15)20/h3-13,19,24H,1-2H3,(H,29,34). The fourth-order valence-corrected chi connectivity index (χ4v) is 6.42. The molecule has 7 nitrogen and oxygen atoms in total. The molecule has 1 N–H and O–H groups in total. The summed E-state index contributed by atoms with van der Waals surface area (Å²) in [5.41, 5.74) is 4.04. The maximum atomic E-state index is 13.7. The highest BCUT2D eigenvalue weighted by Crippen LogP contribution is 2.47. The van der Waals surface area contributed by atoms with Crippen molar-refractivity contribution in [2.45, 2.75) is 18.2 Å². The fourth-order valence-electron chi connectivity index (χ4n) is 4.75. The zero-order valence-electron chi connectivity index (χ0n) is 18.9. The van der Waals surface area contributed by atoms with E-state index in [1.807, 2.05) is 68.7 Å². The molecule has 4 aromatic rings. The Balaban J connectivity index is 1.39. The van der Waals surface area contributed by atoms with E-state index in [2.05, 4.69) is 15.4 Å². The number of thioether (sulfide) groups is 1. The highest BCUT2D eigenvalue weighted by atomic mass is 35.5. The number of nitrogens with one attached hydrogen (secondary N) is 1. The van der Waals surface area contributed by atoms with Crippen LogP contribution in [0.25, 0.3) is 26.9 Å². The summed E-state index contributed by atoms with van der Waals surface area (Å²) >= 11 is 8.10. The zero-order chi connectivity index (χ0) is 24.3. The summed E-state index contributed by atoms with van der Waals surface area (Å²) in [6, 6.07) is 12.4. The molecule has 1 fully saturated rings. The van der Waals surface area contributed by atoms with Gasteiger partial charge in [0.2, 0.25) is 0 Å². The Bertz CT molecular complexity index is 1560. The molecule has 0 spiro atoms. The summed E-state index contributed by atoms with van der Waals surface area (Å²) in [7, 11) is 1.88. The molecule has 2 aromatic heterocycles. The lowest BCUT2D eigenvalue weighted by Gasteiger charge is -2.33. The van der Waals surface area contributed by atoms with Crippen LogP contribution in [0.15, 0.2) is 67.1 Å². The third-order valence-electron chi connectivity index (χ3n) is 6.28. The maximum Gasteiger partial charge on any atom is 0.329 e. The van der Waals surface area contributed by atoms with Gasteiger partial charge in [-0.15, -0.1) is 11.8 Å². The van der Waals surface area contributed by atoms with Gasteiger partial charge >= 0.3 is 6.03 Å². The predicted octanol–water partition coefficient (Wildman–Crippen LogP) is 5.18. The van der Waals surface area contributed by atoms with Crippen LogP contribution in [0.4, 0.5) is 10.5 Å². The second-order valence-electron chi connectivity index (χ2n) is 8.59. The second kappa shape index (κ2) is 8.25. The summed E-state index contributed by atoms with van der Waals surface area (Å²) in [6.45, 7) is 2.00. The van der Waals surface area contributed by atoms with E-state index in [0.717, 1.165) is 38.1 Å². The molecule has 2 aliphatic heterocycles. The summed E-state index contributed by atoms with van der Waals surface area (Å²) in [5.74, 6) is -0.282. The highest BCUT2D eigenvalue weighted by Gasteiger charge is 2.46. The number of carbonyl (C=O) groups is 2. The Labute approximate surface area is 210 Å². The first-order valence-corrected chi connectivity index (χ1v) is 12.3. The molecule has 9 heteroatoms. The van der Waals surface area contributed by atoms with E-state index in [-0.39, 0.29) is 5.91 Å². The van der Waals surface area contributed by atoms with Gasteiger partial charge in [-0.05, 0) is 24.6 Å². The minimum atomic E-state index is -0.518. The van der Waals surface area contributed by atoms with Crippen LogP contribution in [-0.4, -0.2) is 38.0 Å². The van der Waals surface area contributed by atoms with Crippen LogP contribution in [0.2, 0.25) is 5.02 Å². The van der Waals surface area contributed by atoms with Gasteiger partial charge in [-0.25, -0.2) is 9.69 Å². The molecule has 1 saturated heterocycles. The number of halogens is 1. The third kappa shape index (κ3) is 3.52. The lowest BCUT2D eigenvalue weighted by Crippen LogP contribution is -2.60. The van der Waals surface area contributed by atoms with Crippen LogP contribution in [0.1, 0.15) is 11.1 Å². The van der Waals surface area contributed by atoms with Gasteiger partial charge in [-0.2, -0.15) is 5.10 Å². The maximum absolute atomic E-state index is 13.7. The minimum absolute atomic E-state index is 0.282. The molecule has 2 atom stereocenters. The van der Waals surface area contributed by atoms with E-state index in [0.29, 0.717) is 10.7 Å². The van der Waals surface area contributed by atoms with Crippen molar-refractivity contribution in [3.8, 4) is 11.3 Å². The smallest absolute Gasteiger partial charge is 0.329 e. The molecular formula is C26H20ClN5O2S. The van der Waals surface area contributed by atoms with E-state index in [1.165, 1.54) is 16.7 Å². The average molecular weight is 502 g/mol. The number of aryl methyl sites for hydroxylation is 2. The fraction of sp³-hybridized carbons (Fsp3) is 0.154. The lowest BCUT2D eigenvalue weighted by atomic mass is 10.00. The molecule has 0 saturated carbocycles. The van der Waals surface area contributed by atoms with Gasteiger partial charge in [-0.1, -0.05) is 48.0 Å². The zero-order valence-corrected chi connectivity index (χ0v) is 20.5. The van der Waals surface area contributed by atoms with E-state index >= 15 is 0 Å². The third-order valence-corrected chi connectivity index (χ3v) is 7.94. The number of imide groups is 1. The quantitative estimate of drug-likeness (QED) is 0.418. The Morgan fingerprint density at radius 3 is 2.71 bits per heavy atom. The number of amides is 3. The molecule has 2 aromatic carbocycles. The number of benzene rings is 2. The summed E-state index contributed by atoms with van der Waals surface area (Å²) in [5, 5.41) is 9.32. The average Bonchev–Trinajstić information content (AvgIpc) is 3.41. The number of pyridine rings is 1. The van der Waals surface area contributed by atoms with Gasteiger partial charge < -0.3 is 5.32 Å². The molecule has 35 heavy (non-hydrogen) atoms. The SMILES string of the molecule is Cc1cn(C)nc1-c1cccc(Cl)c1C1=CC2NC(=O)N(c3cncc4ccccc34)C(=O)C2S1. The van der Waals surface area contributed by atoms with Crippen molar-refractivity contribution < 1.29 is 9.59 Å². The number of rotatable bonds is 3. The van der Waals surface area contributed by atoms with Crippen molar-refractivity contribution in [3.63, 3.8) is 0 Å². The number of aromatic nitrogens is 3. The van der Waals surface area contributed by atoms with Crippen molar-refractivity contribution >= 4 is 56.7 Å². The summed E-state index contributed by atoms with van der Waals surface area (Å²) < 4.78 is 1.77. The Morgan fingerprint density at radius 1 is 1.09 bits per heavy atom. The monoisotopic (exact) mass is 501 g/mol. The van der Waals surface area contributed by atoms with Crippen molar-refractivity contribution in [1.29, 1.82) is 0 Å². The normalized spacial score (nSPS) is 19.6. The molecule has 6 rings (SSSR count). The molecule has 2 aliphatic rings. The number of carbonyl (C=O) groups excluding carboxylic acids is 2. The van der Waals surface area contributed by atoms with Crippen molar-refractivity contribution in [2.24, 2.45) is 7.05 Å². The molecule has 2 unspecified atom stereocenters.